The standard InChI is InChI=1S/C49H65N7O9S/c1-6-35-46(61)55-21-11-14-36(55)47(62)53(5)38(24-31-17-15-29(3)16-18-31)48(63)56-26-34(28-66-40-27-54-22-19-32(40)20-23-54)39(57)25-37(56)44(59)52-43(33-12-9-8-10-13-33)49(64)65-30(4)42(45(60)50-35)51-41(58)7-2/h8-10,12-13,15-18,30,32,34-38,40,42-43H,6-7,11,14,19-28H2,1-5H3,(H,50,60)(H,51,58)(H,52,59)/t30-,34+,35?,36+,37+,38+,40?,42+,43+/m1/s1. The molecule has 6 fully saturated rings. The van der Waals surface area contributed by atoms with Crippen LogP contribution in [0, 0.1) is 18.8 Å². The first kappa shape index (κ1) is 48.6. The summed E-state index contributed by atoms with van der Waals surface area (Å²) in [6.07, 6.45) is 1.64. The van der Waals surface area contributed by atoms with Crippen molar-refractivity contribution >= 4 is 59.0 Å². The van der Waals surface area contributed by atoms with Crippen LogP contribution in [0.2, 0.25) is 0 Å². The predicted molar refractivity (Wildman–Crippen MR) is 248 cm³/mol. The molecule has 2 unspecified atom stereocenters. The molecule has 356 valence electrons. The average molecular weight is 928 g/mol. The summed E-state index contributed by atoms with van der Waals surface area (Å²) in [5.74, 6) is -4.29. The fourth-order valence-corrected chi connectivity index (χ4v) is 11.7. The highest BCUT2D eigenvalue weighted by molar-refractivity contribution is 8.00. The first-order chi connectivity index (χ1) is 31.7. The van der Waals surface area contributed by atoms with Crippen molar-refractivity contribution in [2.45, 2.75) is 127 Å². The highest BCUT2D eigenvalue weighted by atomic mass is 32.2. The van der Waals surface area contributed by atoms with Crippen LogP contribution in [0.5, 0.6) is 0 Å². The predicted octanol–water partition coefficient (Wildman–Crippen LogP) is 2.56. The average Bonchev–Trinajstić information content (AvgIpc) is 3.83. The SMILES string of the molecule is CCC(=O)N[C@@H]1C(=O)NC(CC)C(=O)N2CCC[C@H]2C(=O)N(C)[C@@H](Cc2ccc(C)cc2)C(=O)N2C[C@@H](CSC3CN4CCC3CC4)C(=O)C[C@H]2C(=O)N[C@@H](c2ccccc2)C(=O)O[C@@H]1C. The fourth-order valence-electron chi connectivity index (χ4n) is 10.1. The smallest absolute Gasteiger partial charge is 0.333 e. The van der Waals surface area contributed by atoms with Gasteiger partial charge in [-0.1, -0.05) is 74.0 Å². The zero-order valence-electron chi connectivity index (χ0n) is 38.7. The van der Waals surface area contributed by atoms with Gasteiger partial charge in [-0.15, -0.1) is 0 Å². The van der Waals surface area contributed by atoms with Crippen LogP contribution in [-0.2, 0) is 49.5 Å². The van der Waals surface area contributed by atoms with Crippen LogP contribution in [0.3, 0.4) is 0 Å². The van der Waals surface area contributed by atoms with Crippen LogP contribution in [0.15, 0.2) is 54.6 Å². The number of rotatable bonds is 9. The Bertz CT molecular complexity index is 2130. The van der Waals surface area contributed by atoms with E-state index in [1.807, 2.05) is 31.2 Å². The second-order valence-corrected chi connectivity index (χ2v) is 19.9. The van der Waals surface area contributed by atoms with E-state index < -0.39 is 89.7 Å². The van der Waals surface area contributed by atoms with E-state index >= 15 is 4.79 Å². The van der Waals surface area contributed by atoms with E-state index in [0.717, 1.165) is 43.6 Å². The zero-order chi connectivity index (χ0) is 47.2. The molecule has 0 saturated carbocycles. The minimum absolute atomic E-state index is 0.00779. The van der Waals surface area contributed by atoms with E-state index in [-0.39, 0.29) is 44.6 Å². The van der Waals surface area contributed by atoms with E-state index in [0.29, 0.717) is 35.3 Å². The molecule has 0 aromatic heterocycles. The molecule has 66 heavy (non-hydrogen) atoms. The van der Waals surface area contributed by atoms with Crippen molar-refractivity contribution in [3.05, 3.63) is 71.3 Å². The summed E-state index contributed by atoms with van der Waals surface area (Å²) >= 11 is 1.75. The Balaban J connectivity index is 1.29. The molecule has 17 heteroatoms. The van der Waals surface area contributed by atoms with Gasteiger partial charge in [-0.05, 0) is 76.1 Å². The third-order valence-electron chi connectivity index (χ3n) is 14.2. The van der Waals surface area contributed by atoms with Crippen molar-refractivity contribution in [3.8, 4) is 0 Å². The summed E-state index contributed by atoms with van der Waals surface area (Å²) in [6.45, 7) is 9.94. The third-order valence-corrected chi connectivity index (χ3v) is 15.7. The zero-order valence-corrected chi connectivity index (χ0v) is 39.6. The largest absolute Gasteiger partial charge is 0.458 e. The van der Waals surface area contributed by atoms with Gasteiger partial charge in [0.05, 0.1) is 0 Å². The van der Waals surface area contributed by atoms with Crippen LogP contribution in [0.4, 0.5) is 0 Å². The molecule has 0 aliphatic carbocycles. The number of likely N-dealkylation sites (N-methyl/N-ethyl adjacent to an activating group) is 1. The lowest BCUT2D eigenvalue weighted by Crippen LogP contribution is -2.63. The van der Waals surface area contributed by atoms with Gasteiger partial charge in [0.15, 0.2) is 6.04 Å². The van der Waals surface area contributed by atoms with Gasteiger partial charge in [-0.2, -0.15) is 11.8 Å². The van der Waals surface area contributed by atoms with Gasteiger partial charge in [-0.25, -0.2) is 4.79 Å². The molecule has 2 aromatic rings. The van der Waals surface area contributed by atoms with Crippen molar-refractivity contribution < 1.29 is 43.1 Å². The number of fused-ring (bicyclic) bond motifs is 5. The summed E-state index contributed by atoms with van der Waals surface area (Å²) < 4.78 is 5.92. The Morgan fingerprint density at radius 3 is 2.18 bits per heavy atom. The second-order valence-electron chi connectivity index (χ2n) is 18.6. The van der Waals surface area contributed by atoms with E-state index in [1.54, 1.807) is 55.9 Å². The van der Waals surface area contributed by atoms with E-state index in [4.69, 9.17) is 4.74 Å². The second kappa shape index (κ2) is 21.6. The lowest BCUT2D eigenvalue weighted by atomic mass is 9.88. The van der Waals surface area contributed by atoms with Gasteiger partial charge >= 0.3 is 5.97 Å². The molecule has 2 bridgehead atoms. The minimum atomic E-state index is -1.46. The number of piperidine rings is 4. The molecule has 6 heterocycles. The van der Waals surface area contributed by atoms with Crippen molar-refractivity contribution in [1.29, 1.82) is 0 Å². The van der Waals surface area contributed by atoms with Gasteiger partial charge in [0.2, 0.25) is 35.4 Å². The number of amides is 6. The van der Waals surface area contributed by atoms with Gasteiger partial charge in [0, 0.05) is 62.9 Å². The summed E-state index contributed by atoms with van der Waals surface area (Å²) in [5, 5.41) is 8.54. The number of Topliss-reactive ketones (excluding diaryl/α,β-unsaturated/α-hetero) is 1. The Labute approximate surface area is 391 Å². The molecule has 2 aromatic carbocycles. The number of carbonyl (C=O) groups is 8. The van der Waals surface area contributed by atoms with Crippen LogP contribution in [0.25, 0.3) is 0 Å². The first-order valence-corrected chi connectivity index (χ1v) is 24.7. The van der Waals surface area contributed by atoms with E-state index in [9.17, 15) is 33.6 Å². The Hall–Kier alpha value is -5.29. The molecule has 9 atom stereocenters. The normalized spacial score (nSPS) is 31.5. The molecule has 0 radical (unpaired) electrons. The summed E-state index contributed by atoms with van der Waals surface area (Å²) in [5.41, 5.74) is 2.10. The lowest BCUT2D eigenvalue weighted by molar-refractivity contribution is -0.158. The van der Waals surface area contributed by atoms with Crippen LogP contribution >= 0.6 is 11.8 Å². The number of hydrogen-bond acceptors (Lipinski definition) is 11. The minimum Gasteiger partial charge on any atom is -0.458 e. The fraction of sp³-hybridized carbons (Fsp3) is 0.592. The maximum Gasteiger partial charge on any atom is 0.333 e. The van der Waals surface area contributed by atoms with Gasteiger partial charge in [-0.3, -0.25) is 33.6 Å². The molecule has 0 spiro atoms. The number of ether oxygens (including phenoxy) is 1. The Kier molecular flexibility index (Phi) is 15.9. The highest BCUT2D eigenvalue weighted by Crippen LogP contribution is 2.37. The van der Waals surface area contributed by atoms with E-state index in [1.165, 1.54) is 28.7 Å². The Morgan fingerprint density at radius 1 is 0.818 bits per heavy atom. The molecular weight excluding hydrogens is 863 g/mol. The molecule has 6 aliphatic heterocycles. The number of carbonyl (C=O) groups excluding carboxylic acids is 8. The molecule has 6 saturated heterocycles. The molecule has 3 N–H and O–H groups in total. The monoisotopic (exact) mass is 927 g/mol. The van der Waals surface area contributed by atoms with Crippen molar-refractivity contribution in [2.75, 3.05) is 45.5 Å². The first-order valence-electron chi connectivity index (χ1n) is 23.6. The Morgan fingerprint density at radius 2 is 1.53 bits per heavy atom. The number of thioether (sulfide) groups is 1. The number of nitrogens with one attached hydrogen (secondary N) is 3. The highest BCUT2D eigenvalue weighted by Gasteiger charge is 2.48. The third kappa shape index (κ3) is 10.9. The van der Waals surface area contributed by atoms with E-state index in [2.05, 4.69) is 20.9 Å². The quantitative estimate of drug-likeness (QED) is 0.313. The maximum absolute atomic E-state index is 15.5. The van der Waals surface area contributed by atoms with Gasteiger partial charge in [0.25, 0.3) is 0 Å². The van der Waals surface area contributed by atoms with Crippen molar-refractivity contribution in [2.24, 2.45) is 11.8 Å². The van der Waals surface area contributed by atoms with Crippen molar-refractivity contribution in [3.63, 3.8) is 0 Å². The number of nitrogens with zero attached hydrogens (tertiary/aromatic N) is 4. The number of aryl methyl sites for hydroxylation is 1. The number of esters is 1. The van der Waals surface area contributed by atoms with Gasteiger partial charge < -0.3 is 40.3 Å². The maximum atomic E-state index is 15.5. The van der Waals surface area contributed by atoms with Crippen molar-refractivity contribution in [1.82, 2.24) is 35.6 Å². The molecule has 6 amide bonds. The van der Waals surface area contributed by atoms with Crippen LogP contribution in [0.1, 0.15) is 88.4 Å². The summed E-state index contributed by atoms with van der Waals surface area (Å²) in [4.78, 5) is 122. The van der Waals surface area contributed by atoms with Crippen LogP contribution in [-0.4, -0.2) is 154 Å². The van der Waals surface area contributed by atoms with Crippen LogP contribution < -0.4 is 16.0 Å². The molecule has 16 nitrogen and oxygen atoms in total. The number of hydrogen-bond donors (Lipinski definition) is 3. The summed E-state index contributed by atoms with van der Waals surface area (Å²) in [7, 11) is 1.54. The number of benzene rings is 2. The number of ketones is 1. The molecule has 6 aliphatic rings. The summed E-state index contributed by atoms with van der Waals surface area (Å²) in [6, 6.07) is 8.46. The topological polar surface area (TPSA) is 195 Å². The lowest BCUT2D eigenvalue weighted by Gasteiger charge is -2.45. The molecular formula is C49H65N7O9S. The number of cyclic esters (lactones) is 1. The molecule has 8 rings (SSSR count). The van der Waals surface area contributed by atoms with Gasteiger partial charge in [0.1, 0.15) is 42.1 Å².